The van der Waals surface area contributed by atoms with E-state index in [1.807, 2.05) is 0 Å². The monoisotopic (exact) mass is 286 g/mol. The molecule has 88 valence electrons. The third kappa shape index (κ3) is 2.62. The van der Waals surface area contributed by atoms with Gasteiger partial charge in [-0.1, -0.05) is 25.3 Å². The van der Waals surface area contributed by atoms with Gasteiger partial charge in [0, 0.05) is 6.04 Å². The zero-order valence-corrected chi connectivity index (χ0v) is 10.6. The Morgan fingerprint density at radius 2 is 2.25 bits per heavy atom. The summed E-state index contributed by atoms with van der Waals surface area (Å²) >= 11 is 3.20. The first-order chi connectivity index (χ1) is 7.70. The van der Waals surface area contributed by atoms with Crippen LogP contribution in [0, 0.1) is 11.7 Å². The second-order valence-electron chi connectivity index (χ2n) is 4.43. The Kier molecular flexibility index (Phi) is 3.95. The summed E-state index contributed by atoms with van der Waals surface area (Å²) in [6.45, 7) is 0. The minimum atomic E-state index is -0.233. The lowest BCUT2D eigenvalue weighted by molar-refractivity contribution is 0.262. The lowest BCUT2D eigenvalue weighted by atomic mass is 9.80. The second-order valence-corrected chi connectivity index (χ2v) is 5.28. The third-order valence-corrected chi connectivity index (χ3v) is 3.95. The molecule has 4 heteroatoms. The van der Waals surface area contributed by atoms with E-state index in [0.29, 0.717) is 4.47 Å². The van der Waals surface area contributed by atoms with E-state index in [1.54, 1.807) is 12.1 Å². The van der Waals surface area contributed by atoms with Crippen molar-refractivity contribution in [2.24, 2.45) is 11.8 Å². The Hall–Kier alpha value is -0.450. The minimum Gasteiger partial charge on any atom is -0.271 e. The summed E-state index contributed by atoms with van der Waals surface area (Å²) in [6.07, 6.45) is 4.95. The van der Waals surface area contributed by atoms with Gasteiger partial charge in [0.1, 0.15) is 5.82 Å². The molecule has 0 bridgehead atoms. The maximum absolute atomic E-state index is 13.1. The molecule has 16 heavy (non-hydrogen) atoms. The van der Waals surface area contributed by atoms with Crippen molar-refractivity contribution < 1.29 is 4.39 Å². The molecule has 1 saturated carbocycles. The van der Waals surface area contributed by atoms with Crippen LogP contribution in [0.4, 0.5) is 4.39 Å². The van der Waals surface area contributed by atoms with Crippen LogP contribution in [0.1, 0.15) is 37.3 Å². The van der Waals surface area contributed by atoms with Gasteiger partial charge in [0.2, 0.25) is 0 Å². The molecule has 1 aliphatic carbocycles. The number of hydrazine groups is 1. The molecule has 0 saturated heterocycles. The van der Waals surface area contributed by atoms with Crippen LogP contribution < -0.4 is 11.3 Å². The summed E-state index contributed by atoms with van der Waals surface area (Å²) in [5.74, 6) is 6.10. The van der Waals surface area contributed by atoms with Gasteiger partial charge < -0.3 is 0 Å². The van der Waals surface area contributed by atoms with Crippen molar-refractivity contribution in [2.75, 3.05) is 0 Å². The first kappa shape index (κ1) is 12.0. The zero-order valence-electron chi connectivity index (χ0n) is 9.05. The van der Waals surface area contributed by atoms with E-state index >= 15 is 0 Å². The Labute approximate surface area is 104 Å². The van der Waals surface area contributed by atoms with Crippen molar-refractivity contribution in [1.29, 1.82) is 0 Å². The van der Waals surface area contributed by atoms with E-state index in [4.69, 9.17) is 5.84 Å². The number of rotatable bonds is 4. The lowest BCUT2D eigenvalue weighted by Crippen LogP contribution is -2.31. The molecule has 0 radical (unpaired) electrons. The highest BCUT2D eigenvalue weighted by atomic mass is 79.9. The number of benzene rings is 1. The average molecular weight is 287 g/mol. The molecule has 1 fully saturated rings. The van der Waals surface area contributed by atoms with Gasteiger partial charge in [0.15, 0.2) is 0 Å². The molecule has 0 amide bonds. The summed E-state index contributed by atoms with van der Waals surface area (Å²) in [6, 6.07) is 5.20. The number of halogens is 2. The summed E-state index contributed by atoms with van der Waals surface area (Å²) in [5.41, 5.74) is 3.87. The predicted octanol–water partition coefficient (Wildman–Crippen LogP) is 3.28. The van der Waals surface area contributed by atoms with Crippen LogP contribution in [0.15, 0.2) is 22.7 Å². The van der Waals surface area contributed by atoms with E-state index in [2.05, 4.69) is 21.4 Å². The Balaban J connectivity index is 2.09. The van der Waals surface area contributed by atoms with Crippen molar-refractivity contribution in [3.8, 4) is 0 Å². The Bertz CT molecular complexity index is 366. The van der Waals surface area contributed by atoms with Gasteiger partial charge in [0.05, 0.1) is 4.47 Å². The van der Waals surface area contributed by atoms with Crippen molar-refractivity contribution >= 4 is 15.9 Å². The van der Waals surface area contributed by atoms with Gasteiger partial charge in [0.25, 0.3) is 0 Å². The lowest BCUT2D eigenvalue weighted by Gasteiger charge is -2.29. The summed E-state index contributed by atoms with van der Waals surface area (Å²) < 4.78 is 13.6. The zero-order chi connectivity index (χ0) is 11.5. The van der Waals surface area contributed by atoms with Crippen LogP contribution >= 0.6 is 15.9 Å². The molecule has 1 unspecified atom stereocenters. The first-order valence-electron chi connectivity index (χ1n) is 5.62. The molecule has 2 nitrogen and oxygen atoms in total. The normalized spacial score (nSPS) is 18.2. The van der Waals surface area contributed by atoms with Gasteiger partial charge in [-0.2, -0.15) is 0 Å². The molecule has 0 aromatic heterocycles. The van der Waals surface area contributed by atoms with Crippen LogP contribution in [0.3, 0.4) is 0 Å². The van der Waals surface area contributed by atoms with Gasteiger partial charge in [-0.05, 0) is 46.0 Å². The average Bonchev–Trinajstić information content (AvgIpc) is 2.21. The smallest absolute Gasteiger partial charge is 0.137 e. The van der Waals surface area contributed by atoms with E-state index in [1.165, 1.54) is 25.3 Å². The molecule has 0 aliphatic heterocycles. The van der Waals surface area contributed by atoms with Crippen LogP contribution in [-0.2, 0) is 0 Å². The van der Waals surface area contributed by atoms with Gasteiger partial charge in [-0.25, -0.2) is 4.39 Å². The second kappa shape index (κ2) is 5.25. The van der Waals surface area contributed by atoms with Gasteiger partial charge >= 0.3 is 0 Å². The fraction of sp³-hybridized carbons (Fsp3) is 0.500. The molecule has 3 N–H and O–H groups in total. The van der Waals surface area contributed by atoms with Gasteiger partial charge in [-0.15, -0.1) is 0 Å². The number of nitrogens with one attached hydrogen (secondary N) is 1. The SMILES string of the molecule is NNC(CC1CCC1)c1ccc(F)c(Br)c1. The van der Waals surface area contributed by atoms with Crippen molar-refractivity contribution in [1.82, 2.24) is 5.43 Å². The summed E-state index contributed by atoms with van der Waals surface area (Å²) in [7, 11) is 0. The van der Waals surface area contributed by atoms with Crippen molar-refractivity contribution in [3.05, 3.63) is 34.1 Å². The van der Waals surface area contributed by atoms with E-state index in [0.717, 1.165) is 17.9 Å². The first-order valence-corrected chi connectivity index (χ1v) is 6.41. The molecule has 2 rings (SSSR count). The summed E-state index contributed by atoms with van der Waals surface area (Å²) in [4.78, 5) is 0. The highest BCUT2D eigenvalue weighted by molar-refractivity contribution is 9.10. The number of hydrogen-bond donors (Lipinski definition) is 2. The van der Waals surface area contributed by atoms with E-state index in [9.17, 15) is 4.39 Å². The van der Waals surface area contributed by atoms with Crippen molar-refractivity contribution in [2.45, 2.75) is 31.7 Å². The standard InChI is InChI=1S/C12H16BrFN2/c13-10-7-9(4-5-11(10)14)12(16-15)6-8-2-1-3-8/h4-5,7-8,12,16H,1-3,6,15H2. The molecule has 1 aromatic rings. The summed E-state index contributed by atoms with van der Waals surface area (Å²) in [5, 5.41) is 0. The fourth-order valence-corrected chi connectivity index (χ4v) is 2.49. The topological polar surface area (TPSA) is 38.0 Å². The number of hydrogen-bond acceptors (Lipinski definition) is 2. The molecule has 1 aromatic carbocycles. The highest BCUT2D eigenvalue weighted by Gasteiger charge is 2.22. The Morgan fingerprint density at radius 1 is 1.50 bits per heavy atom. The van der Waals surface area contributed by atoms with Crippen LogP contribution in [0.2, 0.25) is 0 Å². The quantitative estimate of drug-likeness (QED) is 0.659. The van der Waals surface area contributed by atoms with Crippen LogP contribution in [0.5, 0.6) is 0 Å². The van der Waals surface area contributed by atoms with E-state index in [-0.39, 0.29) is 11.9 Å². The largest absolute Gasteiger partial charge is 0.271 e. The van der Waals surface area contributed by atoms with Crippen LogP contribution in [0.25, 0.3) is 0 Å². The molecular weight excluding hydrogens is 271 g/mol. The van der Waals surface area contributed by atoms with Gasteiger partial charge in [-0.3, -0.25) is 11.3 Å². The maximum atomic E-state index is 13.1. The van der Waals surface area contributed by atoms with Crippen molar-refractivity contribution in [3.63, 3.8) is 0 Å². The maximum Gasteiger partial charge on any atom is 0.137 e. The molecule has 0 heterocycles. The minimum absolute atomic E-state index is 0.127. The molecular formula is C12H16BrFN2. The molecule has 1 aliphatic rings. The molecule has 1 atom stereocenters. The highest BCUT2D eigenvalue weighted by Crippen LogP contribution is 2.35. The number of nitrogens with two attached hydrogens (primary N) is 1. The molecule has 0 spiro atoms. The predicted molar refractivity (Wildman–Crippen MR) is 66.1 cm³/mol. The Morgan fingerprint density at radius 3 is 2.75 bits per heavy atom. The third-order valence-electron chi connectivity index (χ3n) is 3.34. The van der Waals surface area contributed by atoms with Crippen LogP contribution in [-0.4, -0.2) is 0 Å². The fourth-order valence-electron chi connectivity index (χ4n) is 2.09. The van der Waals surface area contributed by atoms with E-state index < -0.39 is 0 Å².